The molecule has 0 aliphatic rings. The Hall–Kier alpha value is -1.03. The molecule has 0 saturated heterocycles. The Kier molecular flexibility index (Phi) is 3.52. The van der Waals surface area contributed by atoms with E-state index in [1.807, 2.05) is 24.4 Å². The fraction of sp³-hybridized carbons (Fsp3) is 0.200. The monoisotopic (exact) mass is 211 g/mol. The van der Waals surface area contributed by atoms with Gasteiger partial charge < -0.3 is 16.5 Å². The second kappa shape index (κ2) is 4.46. The van der Waals surface area contributed by atoms with Gasteiger partial charge in [0.2, 0.25) is 0 Å². The lowest BCUT2D eigenvalue weighted by Crippen LogP contribution is -2.20. The molecular formula is C10H14ClN3. The first-order chi connectivity index (χ1) is 6.33. The summed E-state index contributed by atoms with van der Waals surface area (Å²) in [4.78, 5) is 3.17. The Morgan fingerprint density at radius 3 is 2.71 bits per heavy atom. The van der Waals surface area contributed by atoms with E-state index < -0.39 is 0 Å². The average Bonchev–Trinajstić information content (AvgIpc) is 2.60. The first-order valence-electron chi connectivity index (χ1n) is 4.34. The molecule has 4 heteroatoms. The van der Waals surface area contributed by atoms with E-state index in [1.54, 1.807) is 0 Å². The van der Waals surface area contributed by atoms with Gasteiger partial charge in [0.15, 0.2) is 0 Å². The normalized spacial score (nSPS) is 12.4. The van der Waals surface area contributed by atoms with Crippen molar-refractivity contribution >= 4 is 23.3 Å². The van der Waals surface area contributed by atoms with Crippen LogP contribution in [0.5, 0.6) is 0 Å². The molecule has 1 atom stereocenters. The number of para-hydroxylation sites is 1. The van der Waals surface area contributed by atoms with Crippen LogP contribution in [0.15, 0.2) is 30.5 Å². The van der Waals surface area contributed by atoms with Gasteiger partial charge in [-0.15, -0.1) is 12.4 Å². The number of aromatic amines is 1. The van der Waals surface area contributed by atoms with Gasteiger partial charge in [-0.05, 0) is 11.6 Å². The summed E-state index contributed by atoms with van der Waals surface area (Å²) in [6, 6.07) is 8.01. The van der Waals surface area contributed by atoms with Crippen molar-refractivity contribution in [2.45, 2.75) is 6.04 Å². The van der Waals surface area contributed by atoms with E-state index in [-0.39, 0.29) is 18.4 Å². The lowest BCUT2D eigenvalue weighted by molar-refractivity contribution is 0.743. The molecule has 0 amide bonds. The molecule has 1 aromatic heterocycles. The molecular weight excluding hydrogens is 198 g/mol. The van der Waals surface area contributed by atoms with Gasteiger partial charge in [0.05, 0.1) is 0 Å². The summed E-state index contributed by atoms with van der Waals surface area (Å²) in [5, 5.41) is 1.17. The van der Waals surface area contributed by atoms with Crippen molar-refractivity contribution in [2.24, 2.45) is 11.5 Å². The number of nitrogens with two attached hydrogens (primary N) is 2. The first-order valence-corrected chi connectivity index (χ1v) is 4.34. The molecule has 0 fully saturated rings. The molecule has 1 heterocycles. The van der Waals surface area contributed by atoms with Gasteiger partial charge in [0.1, 0.15) is 0 Å². The topological polar surface area (TPSA) is 67.8 Å². The van der Waals surface area contributed by atoms with Gasteiger partial charge in [-0.2, -0.15) is 0 Å². The van der Waals surface area contributed by atoms with Crippen LogP contribution in [-0.4, -0.2) is 11.5 Å². The van der Waals surface area contributed by atoms with Gasteiger partial charge >= 0.3 is 0 Å². The highest BCUT2D eigenvalue weighted by molar-refractivity contribution is 5.85. The molecule has 14 heavy (non-hydrogen) atoms. The van der Waals surface area contributed by atoms with Gasteiger partial charge in [-0.1, -0.05) is 18.2 Å². The van der Waals surface area contributed by atoms with Gasteiger partial charge in [0, 0.05) is 29.7 Å². The van der Waals surface area contributed by atoms with Crippen molar-refractivity contribution in [3.63, 3.8) is 0 Å². The standard InChI is InChI=1S/C10H13N3.ClH/c11-5-9(12)8-6-13-10-4-2-1-3-7(8)10;/h1-4,6,9,13H,5,11-12H2;1H/t9-;/m0./s1. The van der Waals surface area contributed by atoms with Crippen LogP contribution in [0.25, 0.3) is 10.9 Å². The number of benzene rings is 1. The summed E-state index contributed by atoms with van der Waals surface area (Å²) in [5.41, 5.74) is 13.6. The van der Waals surface area contributed by atoms with E-state index in [1.165, 1.54) is 5.39 Å². The van der Waals surface area contributed by atoms with Crippen LogP contribution >= 0.6 is 12.4 Å². The van der Waals surface area contributed by atoms with Crippen molar-refractivity contribution < 1.29 is 0 Å². The first kappa shape index (κ1) is 11.0. The molecule has 2 rings (SSSR count). The minimum atomic E-state index is -0.0730. The number of rotatable bonds is 2. The van der Waals surface area contributed by atoms with Crippen LogP contribution in [0, 0.1) is 0 Å². The summed E-state index contributed by atoms with van der Waals surface area (Å²) in [6.45, 7) is 0.474. The second-order valence-corrected chi connectivity index (χ2v) is 3.13. The largest absolute Gasteiger partial charge is 0.361 e. The molecule has 0 radical (unpaired) electrons. The predicted octanol–water partition coefficient (Wildman–Crippen LogP) is 1.55. The van der Waals surface area contributed by atoms with E-state index in [2.05, 4.69) is 11.1 Å². The maximum Gasteiger partial charge on any atom is 0.0457 e. The van der Waals surface area contributed by atoms with Gasteiger partial charge in [-0.3, -0.25) is 0 Å². The SMILES string of the molecule is Cl.NC[C@H](N)c1c[nH]c2ccccc12. The molecule has 5 N–H and O–H groups in total. The summed E-state index contributed by atoms with van der Waals surface area (Å²) >= 11 is 0. The van der Waals surface area contributed by atoms with Crippen molar-refractivity contribution in [3.05, 3.63) is 36.0 Å². The summed E-state index contributed by atoms with van der Waals surface area (Å²) < 4.78 is 0. The fourth-order valence-electron chi connectivity index (χ4n) is 1.53. The predicted molar refractivity (Wildman–Crippen MR) is 61.5 cm³/mol. The van der Waals surface area contributed by atoms with Crippen molar-refractivity contribution in [1.82, 2.24) is 4.98 Å². The Labute approximate surface area is 88.9 Å². The smallest absolute Gasteiger partial charge is 0.0457 e. The zero-order chi connectivity index (χ0) is 9.26. The molecule has 76 valence electrons. The maximum absolute atomic E-state index is 5.86. The van der Waals surface area contributed by atoms with Crippen molar-refractivity contribution in [2.75, 3.05) is 6.54 Å². The van der Waals surface area contributed by atoms with Crippen LogP contribution < -0.4 is 11.5 Å². The highest BCUT2D eigenvalue weighted by Gasteiger charge is 2.08. The van der Waals surface area contributed by atoms with E-state index >= 15 is 0 Å². The summed E-state index contributed by atoms with van der Waals surface area (Å²) in [7, 11) is 0. The number of aromatic nitrogens is 1. The Morgan fingerprint density at radius 1 is 1.29 bits per heavy atom. The van der Waals surface area contributed by atoms with Crippen LogP contribution in [0.4, 0.5) is 0 Å². The van der Waals surface area contributed by atoms with Crippen molar-refractivity contribution in [1.29, 1.82) is 0 Å². The average molecular weight is 212 g/mol. The molecule has 0 aliphatic heterocycles. The number of hydrogen-bond acceptors (Lipinski definition) is 2. The molecule has 0 unspecified atom stereocenters. The van der Waals surface area contributed by atoms with E-state index in [0.717, 1.165) is 11.1 Å². The second-order valence-electron chi connectivity index (χ2n) is 3.13. The number of fused-ring (bicyclic) bond motifs is 1. The van der Waals surface area contributed by atoms with Gasteiger partial charge in [-0.25, -0.2) is 0 Å². The summed E-state index contributed by atoms with van der Waals surface area (Å²) in [5.74, 6) is 0. The van der Waals surface area contributed by atoms with Crippen LogP contribution in [0.3, 0.4) is 0 Å². The molecule has 0 aliphatic carbocycles. The third-order valence-electron chi connectivity index (χ3n) is 2.27. The van der Waals surface area contributed by atoms with E-state index in [4.69, 9.17) is 11.5 Å². The zero-order valence-electron chi connectivity index (χ0n) is 7.73. The van der Waals surface area contributed by atoms with Crippen molar-refractivity contribution in [3.8, 4) is 0 Å². The number of H-pyrrole nitrogens is 1. The third-order valence-corrected chi connectivity index (χ3v) is 2.27. The number of nitrogens with one attached hydrogen (secondary N) is 1. The minimum absolute atomic E-state index is 0. The minimum Gasteiger partial charge on any atom is -0.361 e. The molecule has 0 bridgehead atoms. The lowest BCUT2D eigenvalue weighted by atomic mass is 10.1. The molecule has 0 saturated carbocycles. The van der Waals surface area contributed by atoms with Crippen LogP contribution in [0.2, 0.25) is 0 Å². The Balaban J connectivity index is 0.000000980. The lowest BCUT2D eigenvalue weighted by Gasteiger charge is -2.06. The quantitative estimate of drug-likeness (QED) is 0.706. The number of halogens is 1. The zero-order valence-corrected chi connectivity index (χ0v) is 8.55. The molecule has 2 aromatic rings. The van der Waals surface area contributed by atoms with Gasteiger partial charge in [0.25, 0.3) is 0 Å². The van der Waals surface area contributed by atoms with E-state index in [0.29, 0.717) is 6.54 Å². The maximum atomic E-state index is 5.86. The molecule has 0 spiro atoms. The van der Waals surface area contributed by atoms with Crippen LogP contribution in [0.1, 0.15) is 11.6 Å². The summed E-state index contributed by atoms with van der Waals surface area (Å²) in [6.07, 6.45) is 1.93. The van der Waals surface area contributed by atoms with E-state index in [9.17, 15) is 0 Å². The Bertz CT molecular complexity index is 410. The fourth-order valence-corrected chi connectivity index (χ4v) is 1.53. The highest BCUT2D eigenvalue weighted by atomic mass is 35.5. The third kappa shape index (κ3) is 1.75. The number of hydrogen-bond donors (Lipinski definition) is 3. The molecule has 3 nitrogen and oxygen atoms in total. The van der Waals surface area contributed by atoms with Crippen LogP contribution in [-0.2, 0) is 0 Å². The Morgan fingerprint density at radius 2 is 2.00 bits per heavy atom. The molecule has 1 aromatic carbocycles. The highest BCUT2D eigenvalue weighted by Crippen LogP contribution is 2.21.